The first kappa shape index (κ1) is 19.7. The second-order valence-electron chi connectivity index (χ2n) is 7.60. The molecule has 2 fully saturated rings. The molecule has 4 rings (SSSR count). The van der Waals surface area contributed by atoms with Gasteiger partial charge in [-0.1, -0.05) is 0 Å². The minimum Gasteiger partial charge on any atom is -0.341 e. The number of anilines is 2. The van der Waals surface area contributed by atoms with E-state index in [1.807, 2.05) is 23.4 Å². The van der Waals surface area contributed by atoms with E-state index in [0.29, 0.717) is 44.5 Å². The highest BCUT2D eigenvalue weighted by atomic mass is 19.4. The number of carbonyl (C=O) groups is 1. The van der Waals surface area contributed by atoms with Gasteiger partial charge in [0.05, 0.1) is 34.9 Å². The van der Waals surface area contributed by atoms with Gasteiger partial charge in [-0.15, -0.1) is 0 Å². The zero-order valence-corrected chi connectivity index (χ0v) is 16.3. The molecule has 0 aromatic carbocycles. The molecule has 1 saturated carbocycles. The second-order valence-corrected chi connectivity index (χ2v) is 7.60. The summed E-state index contributed by atoms with van der Waals surface area (Å²) in [6.07, 6.45) is 0.637. The second kappa shape index (κ2) is 7.31. The van der Waals surface area contributed by atoms with Gasteiger partial charge in [0.2, 0.25) is 11.9 Å². The largest absolute Gasteiger partial charge is 0.419 e. The van der Waals surface area contributed by atoms with Gasteiger partial charge in [0, 0.05) is 31.6 Å². The molecular weight excluding hydrogens is 385 g/mol. The molecule has 2 aromatic rings. The third kappa shape index (κ3) is 3.92. The molecular formula is C19H23F3N6O. The maximum Gasteiger partial charge on any atom is 0.419 e. The fourth-order valence-electron chi connectivity index (χ4n) is 3.78. The number of amides is 1. The number of hydrogen-bond donors (Lipinski definition) is 1. The van der Waals surface area contributed by atoms with Gasteiger partial charge in [-0.05, 0) is 33.1 Å². The summed E-state index contributed by atoms with van der Waals surface area (Å²) in [6.45, 7) is 5.08. The monoisotopic (exact) mass is 408 g/mol. The molecule has 1 N–H and O–H groups in total. The molecule has 29 heavy (non-hydrogen) atoms. The van der Waals surface area contributed by atoms with Crippen molar-refractivity contribution in [2.75, 3.05) is 18.4 Å². The number of carbonyl (C=O) groups excluding carboxylic acids is 1. The Labute approximate surface area is 166 Å². The van der Waals surface area contributed by atoms with Crippen LogP contribution in [0.3, 0.4) is 0 Å². The predicted molar refractivity (Wildman–Crippen MR) is 99.8 cm³/mol. The van der Waals surface area contributed by atoms with E-state index in [-0.39, 0.29) is 29.5 Å². The van der Waals surface area contributed by atoms with Crippen LogP contribution in [0.5, 0.6) is 0 Å². The van der Waals surface area contributed by atoms with Crippen molar-refractivity contribution < 1.29 is 18.0 Å². The molecule has 0 bridgehead atoms. The van der Waals surface area contributed by atoms with Crippen molar-refractivity contribution >= 4 is 17.5 Å². The van der Waals surface area contributed by atoms with Gasteiger partial charge in [-0.25, -0.2) is 9.97 Å². The first-order valence-corrected chi connectivity index (χ1v) is 9.81. The Morgan fingerprint density at radius 1 is 1.24 bits per heavy atom. The Kier molecular flexibility index (Phi) is 4.95. The smallest absolute Gasteiger partial charge is 0.341 e. The van der Waals surface area contributed by atoms with Crippen LogP contribution < -0.4 is 5.32 Å². The van der Waals surface area contributed by atoms with Crippen molar-refractivity contribution in [3.63, 3.8) is 0 Å². The molecule has 3 heterocycles. The topological polar surface area (TPSA) is 75.9 Å². The molecule has 1 saturated heterocycles. The number of piperidine rings is 1. The summed E-state index contributed by atoms with van der Waals surface area (Å²) in [5.41, 5.74) is 0.775. The number of hydrogen-bond acceptors (Lipinski definition) is 5. The fraction of sp³-hybridized carbons (Fsp3) is 0.579. The zero-order chi connectivity index (χ0) is 20.8. The number of nitrogens with zero attached hydrogens (tertiary/aromatic N) is 5. The lowest BCUT2D eigenvalue weighted by molar-refractivity contribution is -0.138. The summed E-state index contributed by atoms with van der Waals surface area (Å²) >= 11 is 0. The Balaban J connectivity index is 1.55. The number of alkyl halides is 3. The lowest BCUT2D eigenvalue weighted by atomic mass is 10.1. The van der Waals surface area contributed by atoms with E-state index in [4.69, 9.17) is 0 Å². The molecule has 1 aliphatic carbocycles. The third-order valence-corrected chi connectivity index (χ3v) is 5.58. The van der Waals surface area contributed by atoms with E-state index in [1.54, 1.807) is 6.20 Å². The highest BCUT2D eigenvalue weighted by Gasteiger charge is 2.40. The van der Waals surface area contributed by atoms with Crippen LogP contribution in [-0.2, 0) is 11.0 Å². The van der Waals surface area contributed by atoms with Crippen molar-refractivity contribution in [3.05, 3.63) is 29.3 Å². The van der Waals surface area contributed by atoms with Crippen LogP contribution in [0.1, 0.15) is 61.5 Å². The van der Waals surface area contributed by atoms with Gasteiger partial charge in [0.25, 0.3) is 0 Å². The average molecular weight is 408 g/mol. The van der Waals surface area contributed by atoms with Gasteiger partial charge >= 0.3 is 6.18 Å². The van der Waals surface area contributed by atoms with Crippen LogP contribution in [0, 0.1) is 6.92 Å². The minimum absolute atomic E-state index is 0.0597. The Morgan fingerprint density at radius 3 is 2.66 bits per heavy atom. The van der Waals surface area contributed by atoms with Crippen LogP contribution >= 0.6 is 0 Å². The summed E-state index contributed by atoms with van der Waals surface area (Å²) in [5, 5.41) is 7.45. The summed E-state index contributed by atoms with van der Waals surface area (Å²) in [5.74, 6) is 0.132. The molecule has 0 unspecified atom stereocenters. The SMILES string of the molecule is CCN1C[C@@H](n2ncc(Nc3ncc(C(F)(F)F)c(C4CC4)n3)c2C)CCC1=O. The Morgan fingerprint density at radius 2 is 2.00 bits per heavy atom. The van der Waals surface area contributed by atoms with Crippen molar-refractivity contribution in [3.8, 4) is 0 Å². The Hall–Kier alpha value is -2.65. The van der Waals surface area contributed by atoms with Crippen LogP contribution in [0.2, 0.25) is 0 Å². The number of nitrogens with one attached hydrogen (secondary N) is 1. The molecule has 2 aromatic heterocycles. The van der Waals surface area contributed by atoms with Gasteiger partial charge in [-0.2, -0.15) is 18.3 Å². The van der Waals surface area contributed by atoms with E-state index in [1.165, 1.54) is 0 Å². The first-order chi connectivity index (χ1) is 13.8. The molecule has 10 heteroatoms. The third-order valence-electron chi connectivity index (χ3n) is 5.58. The number of aromatic nitrogens is 4. The Bertz CT molecular complexity index is 921. The van der Waals surface area contributed by atoms with Crippen LogP contribution in [-0.4, -0.2) is 43.6 Å². The molecule has 1 aliphatic heterocycles. The highest BCUT2D eigenvalue weighted by Crippen LogP contribution is 2.45. The van der Waals surface area contributed by atoms with Crippen LogP contribution in [0.15, 0.2) is 12.4 Å². The number of likely N-dealkylation sites (tertiary alicyclic amines) is 1. The predicted octanol–water partition coefficient (Wildman–Crippen LogP) is 3.80. The number of rotatable bonds is 5. The summed E-state index contributed by atoms with van der Waals surface area (Å²) in [6, 6.07) is 0.0683. The lowest BCUT2D eigenvalue weighted by Crippen LogP contribution is -2.41. The maximum absolute atomic E-state index is 13.2. The molecule has 1 amide bonds. The number of likely N-dealkylation sites (N-methyl/N-ethyl adjacent to an activating group) is 1. The van der Waals surface area contributed by atoms with E-state index in [9.17, 15) is 18.0 Å². The minimum atomic E-state index is -4.46. The standard InChI is InChI=1S/C19H23F3N6O/c1-3-27-10-13(6-7-16(27)29)28-11(2)15(9-24-28)25-18-23-8-14(19(20,21)22)17(26-18)12-4-5-12/h8-9,12-13H,3-7,10H2,1-2H3,(H,23,25,26)/t13-/m0/s1. The van der Waals surface area contributed by atoms with Crippen LogP contribution in [0.25, 0.3) is 0 Å². The summed E-state index contributed by atoms with van der Waals surface area (Å²) < 4.78 is 41.5. The fourth-order valence-corrected chi connectivity index (χ4v) is 3.78. The van der Waals surface area contributed by atoms with E-state index in [0.717, 1.165) is 11.9 Å². The zero-order valence-electron chi connectivity index (χ0n) is 16.3. The molecule has 2 aliphatic rings. The average Bonchev–Trinajstić information content (AvgIpc) is 3.47. The van der Waals surface area contributed by atoms with Crippen molar-refractivity contribution in [1.82, 2.24) is 24.6 Å². The molecule has 156 valence electrons. The van der Waals surface area contributed by atoms with Crippen LogP contribution in [0.4, 0.5) is 24.8 Å². The van der Waals surface area contributed by atoms with Gasteiger partial charge < -0.3 is 10.2 Å². The van der Waals surface area contributed by atoms with E-state index >= 15 is 0 Å². The van der Waals surface area contributed by atoms with Gasteiger partial charge in [0.15, 0.2) is 0 Å². The van der Waals surface area contributed by atoms with Crippen molar-refractivity contribution in [2.45, 2.75) is 57.7 Å². The quantitative estimate of drug-likeness (QED) is 0.814. The van der Waals surface area contributed by atoms with Gasteiger partial charge in [-0.3, -0.25) is 9.48 Å². The molecule has 0 radical (unpaired) electrons. The number of halogens is 3. The van der Waals surface area contributed by atoms with E-state index in [2.05, 4.69) is 20.4 Å². The maximum atomic E-state index is 13.2. The van der Waals surface area contributed by atoms with Gasteiger partial charge in [0.1, 0.15) is 0 Å². The summed E-state index contributed by atoms with van der Waals surface area (Å²) in [4.78, 5) is 21.8. The molecule has 1 atom stereocenters. The highest BCUT2D eigenvalue weighted by molar-refractivity contribution is 5.77. The summed E-state index contributed by atoms with van der Waals surface area (Å²) in [7, 11) is 0. The molecule has 7 nitrogen and oxygen atoms in total. The van der Waals surface area contributed by atoms with Crippen molar-refractivity contribution in [2.24, 2.45) is 0 Å². The van der Waals surface area contributed by atoms with E-state index < -0.39 is 11.7 Å². The first-order valence-electron chi connectivity index (χ1n) is 9.81. The lowest BCUT2D eigenvalue weighted by Gasteiger charge is -2.32. The normalized spacial score (nSPS) is 20.2. The van der Waals surface area contributed by atoms with Crippen molar-refractivity contribution in [1.29, 1.82) is 0 Å². The molecule has 0 spiro atoms.